The lowest BCUT2D eigenvalue weighted by molar-refractivity contribution is -0.132. The van der Waals surface area contributed by atoms with Gasteiger partial charge in [0.15, 0.2) is 5.69 Å². The topological polar surface area (TPSA) is 103 Å². The fraction of sp³-hybridized carbons (Fsp3) is 0.240. The quantitative estimate of drug-likeness (QED) is 0.594. The predicted molar refractivity (Wildman–Crippen MR) is 122 cm³/mol. The van der Waals surface area contributed by atoms with Gasteiger partial charge < -0.3 is 10.6 Å². The number of hydrogen-bond donors (Lipinski definition) is 1. The van der Waals surface area contributed by atoms with Crippen molar-refractivity contribution in [2.75, 3.05) is 6.54 Å². The molecule has 0 radical (unpaired) electrons. The van der Waals surface area contributed by atoms with E-state index >= 15 is 0 Å². The predicted octanol–water partition coefficient (Wildman–Crippen LogP) is 2.92. The number of rotatable bonds is 6. The van der Waals surface area contributed by atoms with Crippen molar-refractivity contribution >= 4 is 23.3 Å². The fourth-order valence-corrected chi connectivity index (χ4v) is 4.08. The molecule has 2 amide bonds. The van der Waals surface area contributed by atoms with Crippen LogP contribution in [0.4, 0.5) is 5.69 Å². The van der Waals surface area contributed by atoms with E-state index in [2.05, 4.69) is 9.94 Å². The van der Waals surface area contributed by atoms with E-state index in [0.29, 0.717) is 47.7 Å². The molecule has 0 spiro atoms. The number of nitrogens with zero attached hydrogens (tertiary/aromatic N) is 4. The minimum absolute atomic E-state index is 0.0456. The highest BCUT2D eigenvalue weighted by atomic mass is 16.2. The van der Waals surface area contributed by atoms with Crippen LogP contribution in [0.5, 0.6) is 0 Å². The zero-order chi connectivity index (χ0) is 23.5. The van der Waals surface area contributed by atoms with Crippen LogP contribution < -0.4 is 5.73 Å². The second kappa shape index (κ2) is 9.09. The van der Waals surface area contributed by atoms with Gasteiger partial charge in [0, 0.05) is 18.5 Å². The summed E-state index contributed by atoms with van der Waals surface area (Å²) in [6.07, 6.45) is 0.505. The summed E-state index contributed by atoms with van der Waals surface area (Å²) in [6.45, 7) is 9.71. The molecule has 0 saturated carbocycles. The van der Waals surface area contributed by atoms with Crippen LogP contribution in [0.1, 0.15) is 34.1 Å². The highest BCUT2D eigenvalue weighted by Crippen LogP contribution is 2.29. The summed E-state index contributed by atoms with van der Waals surface area (Å²) >= 11 is 0. The highest BCUT2D eigenvalue weighted by molar-refractivity contribution is 6.00. The molecule has 0 saturated heterocycles. The molecule has 33 heavy (non-hydrogen) atoms. The summed E-state index contributed by atoms with van der Waals surface area (Å²) < 4.78 is 1.74. The Labute approximate surface area is 191 Å². The lowest BCUT2D eigenvalue weighted by Gasteiger charge is -2.28. The van der Waals surface area contributed by atoms with Crippen LogP contribution in [0.15, 0.2) is 48.5 Å². The van der Waals surface area contributed by atoms with Gasteiger partial charge in [-0.3, -0.25) is 19.1 Å². The Morgan fingerprint density at radius 2 is 1.82 bits per heavy atom. The number of carbonyl (C=O) groups excluding carboxylic acids is 3. The Morgan fingerprint density at radius 1 is 1.06 bits per heavy atom. The molecule has 2 heterocycles. The van der Waals surface area contributed by atoms with Gasteiger partial charge in [-0.2, -0.15) is 5.10 Å². The lowest BCUT2D eigenvalue weighted by Crippen LogP contribution is -2.40. The zero-order valence-electron chi connectivity index (χ0n) is 18.2. The summed E-state index contributed by atoms with van der Waals surface area (Å²) in [5.74, 6) is -0.630. The van der Waals surface area contributed by atoms with E-state index in [1.807, 2.05) is 24.3 Å². The van der Waals surface area contributed by atoms with E-state index in [1.165, 1.54) is 6.92 Å². The van der Waals surface area contributed by atoms with Crippen molar-refractivity contribution in [1.29, 1.82) is 0 Å². The molecule has 8 heteroatoms. The van der Waals surface area contributed by atoms with Crippen molar-refractivity contribution in [3.05, 3.63) is 82.3 Å². The van der Waals surface area contributed by atoms with Gasteiger partial charge in [-0.25, -0.2) is 4.85 Å². The number of benzene rings is 2. The van der Waals surface area contributed by atoms with Crippen LogP contribution in [0.25, 0.3) is 16.1 Å². The molecule has 0 unspecified atom stereocenters. The van der Waals surface area contributed by atoms with Gasteiger partial charge in [0.25, 0.3) is 5.91 Å². The first-order valence-corrected chi connectivity index (χ1v) is 10.6. The Balaban J connectivity index is 1.60. The number of carbonyl (C=O) groups is 3. The summed E-state index contributed by atoms with van der Waals surface area (Å²) in [5, 5.41) is 4.62. The van der Waals surface area contributed by atoms with Gasteiger partial charge in [0.05, 0.1) is 37.3 Å². The second-order valence-electron chi connectivity index (χ2n) is 8.11. The third-order valence-corrected chi connectivity index (χ3v) is 5.65. The number of fused-ring (bicyclic) bond motifs is 1. The number of aromatic nitrogens is 2. The van der Waals surface area contributed by atoms with Crippen LogP contribution in [-0.4, -0.2) is 38.8 Å². The third kappa shape index (κ3) is 4.67. The fourth-order valence-electron chi connectivity index (χ4n) is 4.08. The monoisotopic (exact) mass is 441 g/mol. The van der Waals surface area contributed by atoms with E-state index in [0.717, 1.165) is 11.1 Å². The van der Waals surface area contributed by atoms with Crippen LogP contribution in [0.2, 0.25) is 0 Å². The molecule has 2 aromatic carbocycles. The molecule has 1 aliphatic rings. The van der Waals surface area contributed by atoms with Crippen LogP contribution >= 0.6 is 0 Å². The van der Waals surface area contributed by atoms with Crippen molar-refractivity contribution in [2.24, 2.45) is 5.73 Å². The van der Waals surface area contributed by atoms with Gasteiger partial charge in [0.1, 0.15) is 11.5 Å². The normalized spacial score (nSPS) is 12.7. The molecule has 2 N–H and O–H groups in total. The molecule has 1 aliphatic heterocycles. The first kappa shape index (κ1) is 22.0. The summed E-state index contributed by atoms with van der Waals surface area (Å²) in [7, 11) is 0. The van der Waals surface area contributed by atoms with Crippen LogP contribution in [-0.2, 0) is 35.5 Å². The molecule has 166 valence electrons. The molecule has 0 bridgehead atoms. The summed E-state index contributed by atoms with van der Waals surface area (Å²) in [4.78, 5) is 41.9. The van der Waals surface area contributed by atoms with Crippen molar-refractivity contribution in [3.63, 3.8) is 0 Å². The number of ketones is 1. The largest absolute Gasteiger partial charge is 0.365 e. The van der Waals surface area contributed by atoms with Gasteiger partial charge in [0.2, 0.25) is 5.91 Å². The first-order valence-electron chi connectivity index (χ1n) is 10.6. The number of primary amides is 1. The van der Waals surface area contributed by atoms with Gasteiger partial charge in [-0.1, -0.05) is 42.5 Å². The summed E-state index contributed by atoms with van der Waals surface area (Å²) in [5.41, 5.74) is 10.0. The molecular formula is C25H23N5O3. The molecule has 8 nitrogen and oxygen atoms in total. The van der Waals surface area contributed by atoms with Gasteiger partial charge in [-0.05, 0) is 24.1 Å². The molecule has 1 aromatic heterocycles. The smallest absolute Gasteiger partial charge is 0.252 e. The lowest BCUT2D eigenvalue weighted by atomic mass is 10.0. The van der Waals surface area contributed by atoms with Crippen molar-refractivity contribution in [3.8, 4) is 11.3 Å². The van der Waals surface area contributed by atoms with E-state index in [-0.39, 0.29) is 24.7 Å². The van der Waals surface area contributed by atoms with E-state index in [9.17, 15) is 14.4 Å². The maximum atomic E-state index is 12.9. The number of Topliss-reactive ketones (excluding diaryl/α,β-unsaturated/α-hetero) is 1. The van der Waals surface area contributed by atoms with Gasteiger partial charge >= 0.3 is 0 Å². The standard InChI is InChI=1S/C25H23N5O3/c1-16(31)12-18-4-3-5-19(13-18)24-23(25(26)33)21-15-29(10-11-30(21)28-24)22(32)14-17-6-8-20(27-2)9-7-17/h3-9,13H,10-12,14-15H2,1H3,(H2,26,33). The van der Waals surface area contributed by atoms with E-state index in [1.54, 1.807) is 33.8 Å². The first-order chi connectivity index (χ1) is 15.9. The van der Waals surface area contributed by atoms with Crippen molar-refractivity contribution in [1.82, 2.24) is 14.7 Å². The summed E-state index contributed by atoms with van der Waals surface area (Å²) in [6, 6.07) is 14.3. The average Bonchev–Trinajstić information content (AvgIpc) is 3.18. The molecule has 0 aliphatic carbocycles. The van der Waals surface area contributed by atoms with Crippen molar-refractivity contribution in [2.45, 2.75) is 32.9 Å². The highest BCUT2D eigenvalue weighted by Gasteiger charge is 2.29. The van der Waals surface area contributed by atoms with Crippen LogP contribution in [0.3, 0.4) is 0 Å². The molecule has 3 aromatic rings. The second-order valence-corrected chi connectivity index (χ2v) is 8.11. The number of nitrogens with two attached hydrogens (primary N) is 1. The van der Waals surface area contributed by atoms with E-state index < -0.39 is 5.91 Å². The van der Waals surface area contributed by atoms with E-state index in [4.69, 9.17) is 12.3 Å². The molecular weight excluding hydrogens is 418 g/mol. The Morgan fingerprint density at radius 3 is 2.48 bits per heavy atom. The van der Waals surface area contributed by atoms with Crippen LogP contribution in [0, 0.1) is 6.57 Å². The van der Waals surface area contributed by atoms with Gasteiger partial charge in [-0.15, -0.1) is 0 Å². The maximum Gasteiger partial charge on any atom is 0.252 e. The molecule has 0 atom stereocenters. The number of hydrogen-bond acceptors (Lipinski definition) is 4. The zero-order valence-corrected chi connectivity index (χ0v) is 18.2. The van der Waals surface area contributed by atoms with Crippen molar-refractivity contribution < 1.29 is 14.4 Å². The Bertz CT molecular complexity index is 1280. The Kier molecular flexibility index (Phi) is 6.05. The average molecular weight is 441 g/mol. The number of amides is 2. The third-order valence-electron chi connectivity index (χ3n) is 5.65. The molecule has 0 fully saturated rings. The minimum atomic E-state index is -0.604. The SMILES string of the molecule is [C-]#[N+]c1ccc(CC(=O)N2CCn3nc(-c4cccc(CC(C)=O)c4)c(C(N)=O)c3C2)cc1. The maximum absolute atomic E-state index is 12.9. The Hall–Kier alpha value is -4.25. The minimum Gasteiger partial charge on any atom is -0.365 e. The molecule has 4 rings (SSSR count).